The van der Waals surface area contributed by atoms with Crippen molar-refractivity contribution in [2.24, 2.45) is 0 Å². The number of benzene rings is 3. The average molecular weight is 471 g/mol. The summed E-state index contributed by atoms with van der Waals surface area (Å²) in [7, 11) is -3.98. The minimum Gasteiger partial charge on any atom is -0.395 e. The van der Waals surface area contributed by atoms with Gasteiger partial charge in [0.1, 0.15) is 17.5 Å². The molecule has 3 aromatic rings. The fraction of sp³-hybridized carbons (Fsp3) is 0.308. The number of rotatable bonds is 12. The summed E-state index contributed by atoms with van der Waals surface area (Å²) in [6.07, 6.45) is -2.07. The van der Waals surface area contributed by atoms with Crippen LogP contribution in [-0.4, -0.2) is 49.3 Å². The van der Waals surface area contributed by atoms with E-state index in [0.717, 1.165) is 16.7 Å². The van der Waals surface area contributed by atoms with Gasteiger partial charge in [-0.1, -0.05) is 78.4 Å². The van der Waals surface area contributed by atoms with Gasteiger partial charge in [-0.2, -0.15) is 0 Å². The van der Waals surface area contributed by atoms with Crippen LogP contribution in [-0.2, 0) is 32.5 Å². The third-order valence-electron chi connectivity index (χ3n) is 5.43. The molecule has 3 aromatic carbocycles. The molecule has 2 N–H and O–H groups in total. The predicted molar refractivity (Wildman–Crippen MR) is 126 cm³/mol. The van der Waals surface area contributed by atoms with E-state index in [0.29, 0.717) is 0 Å². The largest absolute Gasteiger partial charge is 0.395 e. The third kappa shape index (κ3) is 6.72. The lowest BCUT2D eigenvalue weighted by Crippen LogP contribution is -2.48. The first-order valence-electron chi connectivity index (χ1n) is 10.8. The first kappa shape index (κ1) is 25.1. The van der Waals surface area contributed by atoms with E-state index in [-0.39, 0.29) is 18.1 Å². The van der Waals surface area contributed by atoms with Gasteiger partial charge >= 0.3 is 0 Å². The topological polar surface area (TPSA) is 93.1 Å². The van der Waals surface area contributed by atoms with Crippen molar-refractivity contribution in [3.05, 3.63) is 102 Å². The fourth-order valence-corrected chi connectivity index (χ4v) is 5.20. The Bertz CT molecular complexity index is 1070. The van der Waals surface area contributed by atoms with Gasteiger partial charge in [0.2, 0.25) is 0 Å². The standard InChI is InChI=1S/C26H30O6S/c1-20-12-14-23(15-13-20)33(29,30)25(17-28)26(32-19-22-10-6-3-7-11-22)24(16-27)31-18-21-8-4-2-5-9-21/h2-15,24-28H,16-19H2,1H3/t24-,25-,26-/m1/s1. The van der Waals surface area contributed by atoms with Crippen LogP contribution in [0.1, 0.15) is 16.7 Å². The third-order valence-corrected chi connectivity index (χ3v) is 7.58. The van der Waals surface area contributed by atoms with Crippen LogP contribution in [0.2, 0.25) is 0 Å². The predicted octanol–water partition coefficient (Wildman–Crippen LogP) is 3.29. The highest BCUT2D eigenvalue weighted by Crippen LogP contribution is 2.25. The molecule has 0 fully saturated rings. The lowest BCUT2D eigenvalue weighted by atomic mass is 10.1. The Kier molecular flexibility index (Phi) is 9.17. The van der Waals surface area contributed by atoms with Crippen molar-refractivity contribution in [1.29, 1.82) is 0 Å². The van der Waals surface area contributed by atoms with Gasteiger partial charge in [0.15, 0.2) is 9.84 Å². The summed E-state index contributed by atoms with van der Waals surface area (Å²) >= 11 is 0. The molecule has 0 aliphatic carbocycles. The van der Waals surface area contributed by atoms with Crippen LogP contribution in [0.25, 0.3) is 0 Å². The second-order valence-electron chi connectivity index (χ2n) is 7.86. The minimum absolute atomic E-state index is 0.0835. The van der Waals surface area contributed by atoms with Gasteiger partial charge in [0.25, 0.3) is 0 Å². The van der Waals surface area contributed by atoms with E-state index in [1.807, 2.05) is 67.6 Å². The molecule has 6 nitrogen and oxygen atoms in total. The second-order valence-corrected chi connectivity index (χ2v) is 10.0. The van der Waals surface area contributed by atoms with E-state index in [4.69, 9.17) is 9.47 Å². The summed E-state index contributed by atoms with van der Waals surface area (Å²) in [6, 6.07) is 25.1. The Morgan fingerprint density at radius 1 is 0.727 bits per heavy atom. The quantitative estimate of drug-likeness (QED) is 0.422. The Morgan fingerprint density at radius 2 is 1.24 bits per heavy atom. The molecule has 0 amide bonds. The lowest BCUT2D eigenvalue weighted by molar-refractivity contribution is -0.108. The molecule has 3 atom stereocenters. The van der Waals surface area contributed by atoms with Gasteiger partial charge in [0, 0.05) is 0 Å². The van der Waals surface area contributed by atoms with Crippen LogP contribution >= 0.6 is 0 Å². The van der Waals surface area contributed by atoms with Crippen molar-refractivity contribution in [3.63, 3.8) is 0 Å². The van der Waals surface area contributed by atoms with Crippen LogP contribution in [0.3, 0.4) is 0 Å². The summed E-state index contributed by atoms with van der Waals surface area (Å²) < 4.78 is 38.8. The summed E-state index contributed by atoms with van der Waals surface area (Å²) in [4.78, 5) is 0.0835. The molecule has 0 aromatic heterocycles. The summed E-state index contributed by atoms with van der Waals surface area (Å²) in [5, 5.41) is 19.0. The molecule has 0 unspecified atom stereocenters. The molecule has 0 aliphatic heterocycles. The fourth-order valence-electron chi connectivity index (χ4n) is 3.53. The first-order valence-corrected chi connectivity index (χ1v) is 12.3. The van der Waals surface area contributed by atoms with Gasteiger partial charge in [-0.05, 0) is 30.2 Å². The van der Waals surface area contributed by atoms with Crippen LogP contribution in [0.5, 0.6) is 0 Å². The highest BCUT2D eigenvalue weighted by molar-refractivity contribution is 7.92. The van der Waals surface area contributed by atoms with E-state index < -0.39 is 40.5 Å². The first-order chi connectivity index (χ1) is 16.0. The minimum atomic E-state index is -3.98. The maximum Gasteiger partial charge on any atom is 0.186 e. The molecule has 33 heavy (non-hydrogen) atoms. The summed E-state index contributed by atoms with van der Waals surface area (Å²) in [5.41, 5.74) is 2.64. The molecule has 176 valence electrons. The Labute approximate surface area is 195 Å². The summed E-state index contributed by atoms with van der Waals surface area (Å²) in [6.45, 7) is 0.995. The van der Waals surface area contributed by atoms with Crippen molar-refractivity contribution in [1.82, 2.24) is 0 Å². The van der Waals surface area contributed by atoms with Crippen molar-refractivity contribution >= 4 is 9.84 Å². The van der Waals surface area contributed by atoms with E-state index >= 15 is 0 Å². The van der Waals surface area contributed by atoms with Gasteiger partial charge in [0.05, 0.1) is 31.3 Å². The monoisotopic (exact) mass is 470 g/mol. The molecule has 0 spiro atoms. The van der Waals surface area contributed by atoms with E-state index in [1.165, 1.54) is 12.1 Å². The number of aryl methyl sites for hydroxylation is 1. The molecular formula is C26H30O6S. The van der Waals surface area contributed by atoms with Crippen molar-refractivity contribution in [3.8, 4) is 0 Å². The van der Waals surface area contributed by atoms with E-state index in [9.17, 15) is 18.6 Å². The highest BCUT2D eigenvalue weighted by Gasteiger charge is 2.40. The van der Waals surface area contributed by atoms with Crippen LogP contribution in [0.15, 0.2) is 89.8 Å². The molecule has 0 bridgehead atoms. The number of sulfone groups is 1. The second kappa shape index (κ2) is 12.1. The SMILES string of the molecule is Cc1ccc(S(=O)(=O)[C@H](CO)[C@H](OCc2ccccc2)[C@@H](CO)OCc2ccccc2)cc1. The van der Waals surface area contributed by atoms with E-state index in [1.54, 1.807) is 12.1 Å². The van der Waals surface area contributed by atoms with E-state index in [2.05, 4.69) is 0 Å². The van der Waals surface area contributed by atoms with Crippen molar-refractivity contribution in [2.45, 2.75) is 42.5 Å². The summed E-state index contributed by atoms with van der Waals surface area (Å²) in [5.74, 6) is 0. The molecule has 0 aliphatic rings. The van der Waals surface area contributed by atoms with Gasteiger partial charge in [-0.15, -0.1) is 0 Å². The number of ether oxygens (including phenoxy) is 2. The molecule has 0 heterocycles. The molecular weight excluding hydrogens is 440 g/mol. The van der Waals surface area contributed by atoms with Gasteiger partial charge in [-0.25, -0.2) is 8.42 Å². The zero-order chi connectivity index (χ0) is 23.7. The Balaban J connectivity index is 1.89. The maximum atomic E-state index is 13.4. The molecule has 7 heteroatoms. The zero-order valence-corrected chi connectivity index (χ0v) is 19.4. The van der Waals surface area contributed by atoms with Crippen LogP contribution in [0.4, 0.5) is 0 Å². The number of aliphatic hydroxyl groups is 2. The van der Waals surface area contributed by atoms with Crippen molar-refractivity contribution < 1.29 is 28.1 Å². The average Bonchev–Trinajstić information content (AvgIpc) is 2.84. The smallest absolute Gasteiger partial charge is 0.186 e. The number of hydrogen-bond acceptors (Lipinski definition) is 6. The normalized spacial score (nSPS) is 14.5. The Morgan fingerprint density at radius 3 is 1.73 bits per heavy atom. The number of aliphatic hydroxyl groups excluding tert-OH is 2. The Hall–Kier alpha value is -2.55. The van der Waals surface area contributed by atoms with Crippen LogP contribution < -0.4 is 0 Å². The van der Waals surface area contributed by atoms with Crippen LogP contribution in [0, 0.1) is 6.92 Å². The molecule has 0 saturated heterocycles. The zero-order valence-electron chi connectivity index (χ0n) is 18.6. The van der Waals surface area contributed by atoms with Crippen molar-refractivity contribution in [2.75, 3.05) is 13.2 Å². The molecule has 0 saturated carbocycles. The highest BCUT2D eigenvalue weighted by atomic mass is 32.2. The maximum absolute atomic E-state index is 13.4. The molecule has 0 radical (unpaired) electrons. The molecule has 3 rings (SSSR count). The van der Waals surface area contributed by atoms with Gasteiger partial charge in [-0.3, -0.25) is 0 Å². The lowest BCUT2D eigenvalue weighted by Gasteiger charge is -2.32. The number of hydrogen-bond donors (Lipinski definition) is 2. The van der Waals surface area contributed by atoms with Gasteiger partial charge < -0.3 is 19.7 Å².